The Morgan fingerprint density at radius 3 is 1.68 bits per heavy atom. The third kappa shape index (κ3) is 3.98. The molecule has 0 saturated carbocycles. The fraction of sp³-hybridized carbons (Fsp3) is 0.0526. The van der Waals surface area contributed by atoms with Crippen LogP contribution < -0.4 is 35.3 Å². The number of benzene rings is 5. The van der Waals surface area contributed by atoms with E-state index in [0.717, 1.165) is 39.6 Å². The van der Waals surface area contributed by atoms with E-state index in [1.54, 1.807) is 12.4 Å². The van der Waals surface area contributed by atoms with Crippen molar-refractivity contribution in [2.45, 2.75) is 0 Å². The minimum Gasteiger partial charge on any atom is -0.504 e. The monoisotopic (exact) mass is 786 g/mol. The molecule has 0 saturated heterocycles. The van der Waals surface area contributed by atoms with Crippen LogP contribution in [0.4, 0.5) is 45.8 Å². The summed E-state index contributed by atoms with van der Waals surface area (Å²) in [5.74, 6) is 1.62. The van der Waals surface area contributed by atoms with Crippen LogP contribution in [-0.2, 0) is 21.1 Å². The van der Waals surface area contributed by atoms with E-state index in [4.69, 9.17) is 0 Å². The van der Waals surface area contributed by atoms with Crippen LogP contribution in [0, 0.1) is 25.5 Å². The summed E-state index contributed by atoms with van der Waals surface area (Å²) in [5.41, 5.74) is 13.6. The van der Waals surface area contributed by atoms with Crippen LogP contribution in [0.5, 0.6) is 0 Å². The van der Waals surface area contributed by atoms with E-state index in [9.17, 15) is 0 Å². The average Bonchev–Trinajstić information content (AvgIpc) is 3.64. The molecule has 0 amide bonds. The minimum absolute atomic E-state index is 0. The van der Waals surface area contributed by atoms with E-state index in [2.05, 4.69) is 152 Å². The number of anilines is 8. The predicted molar refractivity (Wildman–Crippen MR) is 187 cm³/mol. The zero-order valence-electron chi connectivity index (χ0n) is 25.6. The molecular formula is C38H26BN7Pt. The maximum Gasteiger partial charge on any atom is 4.00 e. The zero-order valence-corrected chi connectivity index (χ0v) is 27.8. The molecule has 0 fully saturated rings. The molecule has 4 aliphatic rings. The summed E-state index contributed by atoms with van der Waals surface area (Å²) in [6.45, 7) is 4.03. The van der Waals surface area contributed by atoms with Gasteiger partial charge in [0.05, 0.1) is 0 Å². The van der Waals surface area contributed by atoms with E-state index >= 15 is 0 Å². The van der Waals surface area contributed by atoms with Crippen molar-refractivity contribution in [1.29, 1.82) is 0 Å². The summed E-state index contributed by atoms with van der Waals surface area (Å²) < 4.78 is 0. The molecule has 6 aromatic rings. The standard InChI is InChI=1S/C38H26BN7.Pt/c1-42-23-44(36-14-8-7-13-35(36)42)25-15-17-27-29-9-3-5-11-33(29)46-34-12-6-4-10-30(34)28-18-16-26(22-32(28)39(46)31(27)21-25)45-24-43(2)37-38(45)41-20-19-40-37;/h3-20,23-24H,1-2H3;/q-4;+4. The average molecular weight is 787 g/mol. The van der Waals surface area contributed by atoms with Gasteiger partial charge in [-0.15, -0.1) is 41.3 Å². The molecule has 0 radical (unpaired) electrons. The van der Waals surface area contributed by atoms with Crippen molar-refractivity contribution in [2.75, 3.05) is 38.5 Å². The summed E-state index contributed by atoms with van der Waals surface area (Å²) >= 11 is 0. The second kappa shape index (κ2) is 10.5. The fourth-order valence-electron chi connectivity index (χ4n) is 7.47. The van der Waals surface area contributed by atoms with Crippen LogP contribution >= 0.6 is 0 Å². The van der Waals surface area contributed by atoms with Crippen LogP contribution in [0.2, 0.25) is 0 Å². The van der Waals surface area contributed by atoms with Gasteiger partial charge in [0.2, 0.25) is 0 Å². The molecule has 9 heteroatoms. The molecule has 1 aromatic heterocycles. The van der Waals surface area contributed by atoms with E-state index in [-0.39, 0.29) is 27.9 Å². The van der Waals surface area contributed by atoms with Crippen LogP contribution in [0.1, 0.15) is 0 Å². The second-order valence-electron chi connectivity index (χ2n) is 12.0. The zero-order chi connectivity index (χ0) is 30.5. The predicted octanol–water partition coefficient (Wildman–Crippen LogP) is 6.39. The number of rotatable bonds is 2. The molecular weight excluding hydrogens is 760 g/mol. The Bertz CT molecular complexity index is 2070. The van der Waals surface area contributed by atoms with Gasteiger partial charge in [0.1, 0.15) is 11.6 Å². The molecule has 5 aromatic carbocycles. The number of hydrogen-bond acceptors (Lipinski definition) is 7. The molecule has 0 unspecified atom stereocenters. The van der Waals surface area contributed by atoms with Gasteiger partial charge in [0, 0.05) is 35.1 Å². The van der Waals surface area contributed by atoms with Crippen LogP contribution in [0.3, 0.4) is 0 Å². The third-order valence-corrected chi connectivity index (χ3v) is 9.47. The summed E-state index contributed by atoms with van der Waals surface area (Å²) in [5, 5.41) is 0. The summed E-state index contributed by atoms with van der Waals surface area (Å²) in [4.78, 5) is 20.2. The Balaban J connectivity index is 0.00000302. The van der Waals surface area contributed by atoms with Crippen molar-refractivity contribution in [3.8, 4) is 22.3 Å². The Labute approximate surface area is 289 Å². The topological polar surface area (TPSA) is 42.0 Å². The second-order valence-corrected chi connectivity index (χ2v) is 12.0. The molecule has 4 aliphatic heterocycles. The van der Waals surface area contributed by atoms with Gasteiger partial charge >= 0.3 is 21.1 Å². The normalized spacial score (nSPS) is 14.9. The molecule has 0 atom stereocenters. The first-order chi connectivity index (χ1) is 22.7. The summed E-state index contributed by atoms with van der Waals surface area (Å²) in [7, 11) is 4.09. The van der Waals surface area contributed by atoms with Crippen LogP contribution in [0.25, 0.3) is 22.3 Å². The van der Waals surface area contributed by atoms with Crippen molar-refractivity contribution in [2.24, 2.45) is 0 Å². The number of aromatic nitrogens is 2. The van der Waals surface area contributed by atoms with Crippen molar-refractivity contribution >= 4 is 63.5 Å². The Kier molecular flexibility index (Phi) is 6.28. The van der Waals surface area contributed by atoms with Crippen molar-refractivity contribution in [1.82, 2.24) is 9.97 Å². The van der Waals surface area contributed by atoms with Gasteiger partial charge in [-0.2, -0.15) is 41.9 Å². The van der Waals surface area contributed by atoms with Gasteiger partial charge in [0.15, 0.2) is 0 Å². The van der Waals surface area contributed by atoms with E-state index in [0.29, 0.717) is 0 Å². The molecule has 226 valence electrons. The largest absolute Gasteiger partial charge is 4.00 e. The van der Waals surface area contributed by atoms with Crippen molar-refractivity contribution < 1.29 is 21.1 Å². The quantitative estimate of drug-likeness (QED) is 0.149. The van der Waals surface area contributed by atoms with Crippen LogP contribution in [-0.4, -0.2) is 30.9 Å². The van der Waals surface area contributed by atoms with E-state index in [1.807, 2.05) is 18.6 Å². The summed E-state index contributed by atoms with van der Waals surface area (Å²) in [6, 6.07) is 42.6. The number of para-hydroxylation sites is 4. The molecule has 7 nitrogen and oxygen atoms in total. The number of fused-ring (bicyclic) bond motifs is 13. The first-order valence-corrected chi connectivity index (χ1v) is 15.4. The molecule has 0 bridgehead atoms. The molecule has 0 aliphatic carbocycles. The summed E-state index contributed by atoms with van der Waals surface area (Å²) in [6.07, 6.45) is 3.47. The van der Waals surface area contributed by atoms with Gasteiger partial charge in [-0.1, -0.05) is 59.7 Å². The molecule has 0 spiro atoms. The smallest absolute Gasteiger partial charge is 0.504 e. The molecule has 10 rings (SSSR count). The fourth-order valence-corrected chi connectivity index (χ4v) is 7.47. The van der Waals surface area contributed by atoms with Gasteiger partial charge in [-0.3, -0.25) is 0 Å². The van der Waals surface area contributed by atoms with Gasteiger partial charge in [0.25, 0.3) is 6.85 Å². The Hall–Kier alpha value is -5.07. The molecule has 47 heavy (non-hydrogen) atoms. The minimum atomic E-state index is -0.146. The number of hydrogen-bond donors (Lipinski definition) is 0. The van der Waals surface area contributed by atoms with Gasteiger partial charge in [-0.05, 0) is 38.4 Å². The first kappa shape index (κ1) is 28.2. The molecule has 5 heterocycles. The number of nitrogens with zero attached hydrogens (tertiary/aromatic N) is 7. The maximum absolute atomic E-state index is 4.68. The Morgan fingerprint density at radius 1 is 0.532 bits per heavy atom. The third-order valence-electron chi connectivity index (χ3n) is 9.47. The van der Waals surface area contributed by atoms with Gasteiger partial charge in [-0.25, -0.2) is 9.97 Å². The van der Waals surface area contributed by atoms with E-state index in [1.165, 1.54) is 39.3 Å². The van der Waals surface area contributed by atoms with Crippen molar-refractivity contribution in [3.05, 3.63) is 135 Å². The van der Waals surface area contributed by atoms with Crippen LogP contribution in [0.15, 0.2) is 109 Å². The van der Waals surface area contributed by atoms with E-state index < -0.39 is 0 Å². The molecule has 0 N–H and O–H groups in total. The first-order valence-electron chi connectivity index (χ1n) is 15.4. The van der Waals surface area contributed by atoms with Crippen molar-refractivity contribution in [3.63, 3.8) is 0 Å². The van der Waals surface area contributed by atoms with Gasteiger partial charge < -0.3 is 24.4 Å². The maximum atomic E-state index is 4.68. The Morgan fingerprint density at radius 2 is 1.04 bits per heavy atom. The SMILES string of the molecule is CN1[CH-]N(c2[c-]c3c(cc2)-c2ccccc2N2B3c3[c-]c(N4[CH-]N(C)c5nccnc54)ccc3-c3ccccc32)c2ccccc21.[Pt+4].